The van der Waals surface area contributed by atoms with Crippen LogP contribution < -0.4 is 26.6 Å². The molecule has 3 aliphatic rings. The van der Waals surface area contributed by atoms with E-state index in [1.807, 2.05) is 52.0 Å². The molecule has 1 fully saturated rings. The van der Waals surface area contributed by atoms with Crippen molar-refractivity contribution in [2.45, 2.75) is 186 Å². The normalized spacial score (nSPS) is 22.3. The lowest BCUT2D eigenvalue weighted by molar-refractivity contribution is -0.385. The van der Waals surface area contributed by atoms with Gasteiger partial charge in [0.15, 0.2) is 0 Å². The quantitative estimate of drug-likeness (QED) is 0.0152. The number of aryl methyl sites for hydroxylation is 1. The molecule has 0 spiro atoms. The molecule has 5 rings (SSSR count). The number of carbonyl (C=O) groups excluding carboxylic acids is 4. The molecule has 2 aromatic carbocycles. The number of hydrogen-bond donors (Lipinski definition) is 10. The lowest BCUT2D eigenvalue weighted by Gasteiger charge is -2.41. The van der Waals surface area contributed by atoms with Crippen molar-refractivity contribution in [1.29, 1.82) is 0 Å². The highest BCUT2D eigenvalue weighted by Gasteiger charge is 2.44. The van der Waals surface area contributed by atoms with Crippen LogP contribution in [-0.4, -0.2) is 190 Å². The van der Waals surface area contributed by atoms with E-state index < -0.39 is 113 Å². The van der Waals surface area contributed by atoms with Gasteiger partial charge in [0, 0.05) is 70.9 Å². The number of benzene rings is 2. The molecule has 0 saturated carbocycles. The average molecular weight is 1180 g/mol. The first-order chi connectivity index (χ1) is 39.9. The summed E-state index contributed by atoms with van der Waals surface area (Å²) in [4.78, 5) is 85.7. The highest BCUT2D eigenvalue weighted by molar-refractivity contribution is 5.98. The minimum atomic E-state index is -1.23. The van der Waals surface area contributed by atoms with Crippen LogP contribution in [0.25, 0.3) is 0 Å². The van der Waals surface area contributed by atoms with E-state index in [9.17, 15) is 59.6 Å². The summed E-state index contributed by atoms with van der Waals surface area (Å²) in [5.41, 5.74) is 1.58. The summed E-state index contributed by atoms with van der Waals surface area (Å²) in [7, 11) is 4.64. The molecular formula is C61H97N9O14. The molecule has 2 aliphatic heterocycles. The summed E-state index contributed by atoms with van der Waals surface area (Å²) in [6.07, 6.45) is 2.96. The van der Waals surface area contributed by atoms with Crippen molar-refractivity contribution in [2.75, 3.05) is 54.0 Å². The molecular weight excluding hydrogens is 1080 g/mol. The van der Waals surface area contributed by atoms with E-state index in [0.717, 1.165) is 30.4 Å². The van der Waals surface area contributed by atoms with Crippen LogP contribution in [0.3, 0.4) is 0 Å². The van der Waals surface area contributed by atoms with Crippen LogP contribution >= 0.6 is 0 Å². The molecule has 4 unspecified atom stereocenters. The van der Waals surface area contributed by atoms with E-state index in [-0.39, 0.29) is 67.7 Å². The highest BCUT2D eigenvalue weighted by atomic mass is 16.6. The topological polar surface area (TPSA) is 318 Å². The molecule has 15 atom stereocenters. The van der Waals surface area contributed by atoms with Gasteiger partial charge in [0.05, 0.1) is 47.8 Å². The number of amides is 4. The van der Waals surface area contributed by atoms with Gasteiger partial charge in [0.25, 0.3) is 11.6 Å². The van der Waals surface area contributed by atoms with E-state index in [4.69, 9.17) is 9.47 Å². The number of rotatable bonds is 36. The van der Waals surface area contributed by atoms with Crippen molar-refractivity contribution >= 4 is 35.3 Å². The predicted molar refractivity (Wildman–Crippen MR) is 317 cm³/mol. The lowest BCUT2D eigenvalue weighted by atomic mass is 9.79. The maximum absolute atomic E-state index is 14.4. The SMILES string of the molecule is CCCCC(CNCCNC(=O)c1cc(CCC(C(=O)O)N(C)[C@H](C(=O)N[C@H](C(=O)NC[C@H]([C@@H](C)CC)[C@@H](CC(=O)N2CCC[C@H]2[C@H](OC)[C@@H](C)[C@@H](O)N[C@@H]2c3ccccc3[C@@H]2O)OC)C(C)C)C(C)C)ccc1[N+](=O)[O-])N1C(O)C=CC1O. The standard InChI is InChI=1S/C61H97N9O14/c1-12-14-18-40(69-49(71)26-27-50(69)72)33-62-28-29-63-58(76)43-31-39(22-24-45(43)70(81)82)23-25-47(61(79)80)67(9)54(36(5)6)60(78)65-52(35(3)4)59(77)64-34-44(37(7)13-2)48(83-10)32-51(73)68-30-17-21-46(68)56(84-11)38(8)57(75)66-53-41-19-15-16-20-42(41)55(53)74/h15-16,19-20,22,24,26-27,31,35-38,40,44,46-50,52-57,62,66,71-72,74-75H,12-14,17-18,21,23,25,28-30,32-34H2,1-11H3,(H,63,76)(H,64,77)(H,65,78)(H,79,80)/t37-,38+,40?,44+,46-,47?,48+,49?,50?,52-,53+,54-,55-,56+,57+/m0/s1. The molecule has 23 heteroatoms. The number of aliphatic hydroxyl groups excluding tert-OH is 4. The van der Waals surface area contributed by atoms with Crippen LogP contribution in [0.15, 0.2) is 54.6 Å². The Morgan fingerprint density at radius 1 is 0.869 bits per heavy atom. The zero-order valence-corrected chi connectivity index (χ0v) is 51.1. The van der Waals surface area contributed by atoms with E-state index in [0.29, 0.717) is 44.5 Å². The van der Waals surface area contributed by atoms with Gasteiger partial charge >= 0.3 is 5.97 Å². The number of unbranched alkanes of at least 4 members (excludes halogenated alkanes) is 1. The maximum Gasteiger partial charge on any atom is 0.320 e. The number of carbonyl (C=O) groups is 5. The number of methoxy groups -OCH3 is 2. The summed E-state index contributed by atoms with van der Waals surface area (Å²) >= 11 is 0. The zero-order valence-electron chi connectivity index (χ0n) is 51.1. The molecule has 2 heterocycles. The summed E-state index contributed by atoms with van der Waals surface area (Å²) in [5.74, 6) is -4.70. The Bertz CT molecular complexity index is 2510. The number of nitro benzene ring substituents is 1. The first-order valence-electron chi connectivity index (χ1n) is 30.1. The number of fused-ring (bicyclic) bond motifs is 1. The van der Waals surface area contributed by atoms with E-state index in [2.05, 4.69) is 26.6 Å². The number of carboxylic acids is 1. The van der Waals surface area contributed by atoms with E-state index >= 15 is 0 Å². The van der Waals surface area contributed by atoms with Gasteiger partial charge in [-0.25, -0.2) is 4.90 Å². The molecule has 84 heavy (non-hydrogen) atoms. The fourth-order valence-electron chi connectivity index (χ4n) is 12.4. The largest absolute Gasteiger partial charge is 0.480 e. The number of likely N-dealkylation sites (N-methyl/N-ethyl adjacent to an activating group) is 1. The van der Waals surface area contributed by atoms with Crippen LogP contribution in [-0.2, 0) is 35.1 Å². The summed E-state index contributed by atoms with van der Waals surface area (Å²) in [6, 6.07) is 7.34. The Morgan fingerprint density at radius 3 is 2.14 bits per heavy atom. The molecule has 470 valence electrons. The van der Waals surface area contributed by atoms with Gasteiger partial charge in [-0.05, 0) is 91.8 Å². The number of nitrogens with one attached hydrogen (secondary N) is 5. The number of carboxylic acid groups (broad SMARTS) is 1. The summed E-state index contributed by atoms with van der Waals surface area (Å²) < 4.78 is 12.1. The zero-order chi connectivity index (χ0) is 62.1. The van der Waals surface area contributed by atoms with Crippen LogP contribution in [0.4, 0.5) is 5.69 Å². The van der Waals surface area contributed by atoms with Gasteiger partial charge < -0.3 is 61.2 Å². The third-order valence-corrected chi connectivity index (χ3v) is 17.6. The highest BCUT2D eigenvalue weighted by Crippen LogP contribution is 2.43. The molecule has 0 bridgehead atoms. The number of nitro groups is 1. The van der Waals surface area contributed by atoms with Crippen molar-refractivity contribution < 1.29 is 63.9 Å². The minimum absolute atomic E-state index is 0.00884. The Hall–Kier alpha value is -5.47. The summed E-state index contributed by atoms with van der Waals surface area (Å²) in [6.45, 7) is 16.5. The van der Waals surface area contributed by atoms with E-state index in [1.165, 1.54) is 42.3 Å². The number of likely N-dealkylation sites (tertiary alicyclic amines) is 1. The van der Waals surface area contributed by atoms with Crippen LogP contribution in [0.5, 0.6) is 0 Å². The van der Waals surface area contributed by atoms with Crippen LogP contribution in [0.1, 0.15) is 146 Å². The van der Waals surface area contributed by atoms with Crippen molar-refractivity contribution in [3.05, 3.63) is 87.0 Å². The van der Waals surface area contributed by atoms with Crippen LogP contribution in [0.2, 0.25) is 0 Å². The second-order valence-corrected chi connectivity index (χ2v) is 23.8. The fraction of sp³-hybridized carbons (Fsp3) is 0.689. The monoisotopic (exact) mass is 1180 g/mol. The molecule has 0 radical (unpaired) electrons. The maximum atomic E-state index is 14.4. The average Bonchev–Trinajstić information content (AvgIpc) is 1.85. The van der Waals surface area contributed by atoms with Gasteiger partial charge in [-0.1, -0.05) is 105 Å². The molecule has 1 aliphatic carbocycles. The van der Waals surface area contributed by atoms with Crippen molar-refractivity contribution in [3.63, 3.8) is 0 Å². The fourth-order valence-corrected chi connectivity index (χ4v) is 12.4. The molecule has 2 aromatic rings. The molecule has 23 nitrogen and oxygen atoms in total. The van der Waals surface area contributed by atoms with Crippen molar-refractivity contribution in [2.24, 2.45) is 29.6 Å². The van der Waals surface area contributed by atoms with Gasteiger partial charge in [-0.2, -0.15) is 0 Å². The molecule has 4 amide bonds. The predicted octanol–water partition coefficient (Wildman–Crippen LogP) is 3.99. The summed E-state index contributed by atoms with van der Waals surface area (Å²) in [5, 5.41) is 80.7. The Kier molecular flexibility index (Phi) is 27.1. The van der Waals surface area contributed by atoms with Gasteiger partial charge in [0.2, 0.25) is 17.7 Å². The van der Waals surface area contributed by atoms with E-state index in [1.54, 1.807) is 51.7 Å². The Labute approximate surface area is 495 Å². The second-order valence-electron chi connectivity index (χ2n) is 23.8. The third kappa shape index (κ3) is 17.6. The number of aliphatic carboxylic acids is 1. The first-order valence-corrected chi connectivity index (χ1v) is 30.1. The number of ether oxygens (including phenoxy) is 2. The molecule has 1 saturated heterocycles. The smallest absolute Gasteiger partial charge is 0.320 e. The van der Waals surface area contributed by atoms with Gasteiger partial charge in [-0.3, -0.25) is 44.3 Å². The Morgan fingerprint density at radius 2 is 1.55 bits per heavy atom. The van der Waals surface area contributed by atoms with Crippen molar-refractivity contribution in [1.82, 2.24) is 41.3 Å². The number of nitrogens with zero attached hydrogens (tertiary/aromatic N) is 4. The molecule has 0 aromatic heterocycles. The van der Waals surface area contributed by atoms with Gasteiger partial charge in [-0.15, -0.1) is 0 Å². The minimum Gasteiger partial charge on any atom is -0.480 e. The first kappa shape index (κ1) is 69.3. The number of hydrogen-bond acceptors (Lipinski definition) is 17. The van der Waals surface area contributed by atoms with Crippen LogP contribution in [0, 0.1) is 39.7 Å². The third-order valence-electron chi connectivity index (χ3n) is 17.6. The number of aliphatic hydroxyl groups is 4. The van der Waals surface area contributed by atoms with Gasteiger partial charge in [0.1, 0.15) is 36.3 Å². The molecule has 10 N–H and O–H groups in total. The second kappa shape index (κ2) is 32.9. The Balaban J connectivity index is 1.19. The lowest BCUT2D eigenvalue weighted by Crippen LogP contribution is -2.59. The van der Waals surface area contributed by atoms with Crippen molar-refractivity contribution in [3.8, 4) is 0 Å².